The molecular formula is C26H20F3N5O. The van der Waals surface area contributed by atoms with Crippen LogP contribution in [-0.4, -0.2) is 24.8 Å². The molecule has 5 aromatic rings. The molecule has 176 valence electrons. The maximum atomic E-state index is 13.6. The molecule has 0 fully saturated rings. The van der Waals surface area contributed by atoms with Gasteiger partial charge in [0.05, 0.1) is 23.8 Å². The molecule has 0 aliphatic rings. The predicted molar refractivity (Wildman–Crippen MR) is 125 cm³/mol. The molecule has 0 spiro atoms. The van der Waals surface area contributed by atoms with E-state index >= 15 is 0 Å². The first-order valence-electron chi connectivity index (χ1n) is 10.9. The third-order valence-corrected chi connectivity index (χ3v) is 5.48. The highest BCUT2D eigenvalue weighted by Crippen LogP contribution is 2.34. The van der Waals surface area contributed by atoms with E-state index in [9.17, 15) is 13.2 Å². The van der Waals surface area contributed by atoms with E-state index in [0.717, 1.165) is 16.0 Å². The monoisotopic (exact) mass is 475 g/mol. The number of aromatic nitrogens is 5. The van der Waals surface area contributed by atoms with Crippen LogP contribution in [-0.2, 0) is 12.6 Å². The van der Waals surface area contributed by atoms with Crippen molar-refractivity contribution < 1.29 is 17.9 Å². The Morgan fingerprint density at radius 1 is 0.829 bits per heavy atom. The topological polar surface area (TPSA) is 57.8 Å². The second-order valence-corrected chi connectivity index (χ2v) is 7.79. The van der Waals surface area contributed by atoms with Gasteiger partial charge in [0.2, 0.25) is 0 Å². The molecule has 0 bridgehead atoms. The number of para-hydroxylation sites is 1. The van der Waals surface area contributed by atoms with Gasteiger partial charge in [-0.3, -0.25) is 0 Å². The minimum Gasteiger partial charge on any atom is -0.457 e. The molecule has 0 atom stereocenters. The Morgan fingerprint density at radius 3 is 2.14 bits per heavy atom. The molecule has 0 saturated heterocycles. The first-order valence-corrected chi connectivity index (χ1v) is 10.9. The number of ether oxygens (including phenoxy) is 1. The van der Waals surface area contributed by atoms with Gasteiger partial charge in [0.25, 0.3) is 0 Å². The number of aryl methyl sites for hydroxylation is 1. The first-order chi connectivity index (χ1) is 16.9. The van der Waals surface area contributed by atoms with Gasteiger partial charge in [0, 0.05) is 11.1 Å². The van der Waals surface area contributed by atoms with Crippen LogP contribution in [0.1, 0.15) is 18.2 Å². The summed E-state index contributed by atoms with van der Waals surface area (Å²) in [7, 11) is 0. The van der Waals surface area contributed by atoms with Gasteiger partial charge >= 0.3 is 6.18 Å². The van der Waals surface area contributed by atoms with Crippen molar-refractivity contribution in [2.24, 2.45) is 0 Å². The minimum absolute atomic E-state index is 0.155. The SMILES string of the molecule is CCc1cnn(-c2ccc(-n3cc(-c4ccc(Oc5ccccc5)cc4)nn3)cc2)c1C(F)(F)F. The molecule has 0 aliphatic heterocycles. The van der Waals surface area contributed by atoms with E-state index in [-0.39, 0.29) is 12.0 Å². The normalized spacial score (nSPS) is 11.5. The number of alkyl halides is 3. The summed E-state index contributed by atoms with van der Waals surface area (Å²) in [4.78, 5) is 0. The molecule has 0 radical (unpaired) electrons. The molecule has 2 heterocycles. The van der Waals surface area contributed by atoms with Gasteiger partial charge in [-0.1, -0.05) is 30.3 Å². The zero-order chi connectivity index (χ0) is 24.4. The highest BCUT2D eigenvalue weighted by atomic mass is 19.4. The minimum atomic E-state index is -4.50. The lowest BCUT2D eigenvalue weighted by atomic mass is 10.1. The summed E-state index contributed by atoms with van der Waals surface area (Å²) >= 11 is 0. The van der Waals surface area contributed by atoms with Crippen LogP contribution in [0.25, 0.3) is 22.6 Å². The number of hydrogen-bond donors (Lipinski definition) is 0. The Hall–Kier alpha value is -4.40. The van der Waals surface area contributed by atoms with Crippen LogP contribution in [0, 0.1) is 0 Å². The molecule has 0 unspecified atom stereocenters. The van der Waals surface area contributed by atoms with Gasteiger partial charge in [-0.2, -0.15) is 18.3 Å². The van der Waals surface area contributed by atoms with Crippen molar-refractivity contribution in [1.82, 2.24) is 24.8 Å². The molecule has 5 rings (SSSR count). The molecule has 2 aromatic heterocycles. The summed E-state index contributed by atoms with van der Waals surface area (Å²) in [5.41, 5.74) is 1.88. The zero-order valence-corrected chi connectivity index (χ0v) is 18.6. The average molecular weight is 475 g/mol. The number of halogens is 3. The van der Waals surface area contributed by atoms with E-state index in [0.29, 0.717) is 22.8 Å². The average Bonchev–Trinajstić information content (AvgIpc) is 3.53. The lowest BCUT2D eigenvalue weighted by molar-refractivity contribution is -0.143. The second-order valence-electron chi connectivity index (χ2n) is 7.79. The van der Waals surface area contributed by atoms with Gasteiger partial charge in [0.1, 0.15) is 17.2 Å². The summed E-state index contributed by atoms with van der Waals surface area (Å²) in [6, 6.07) is 23.5. The van der Waals surface area contributed by atoms with Crippen molar-refractivity contribution in [3.63, 3.8) is 0 Å². The molecular weight excluding hydrogens is 455 g/mol. The van der Waals surface area contributed by atoms with Crippen LogP contribution in [0.3, 0.4) is 0 Å². The fourth-order valence-corrected chi connectivity index (χ4v) is 3.73. The molecule has 9 heteroatoms. The Kier molecular flexibility index (Phi) is 5.82. The molecule has 3 aromatic carbocycles. The smallest absolute Gasteiger partial charge is 0.433 e. The summed E-state index contributed by atoms with van der Waals surface area (Å²) in [5, 5.41) is 12.3. The Labute approximate surface area is 199 Å². The van der Waals surface area contributed by atoms with Crippen LogP contribution in [0.2, 0.25) is 0 Å². The first kappa shape index (κ1) is 22.4. The van der Waals surface area contributed by atoms with E-state index in [1.165, 1.54) is 6.20 Å². The largest absolute Gasteiger partial charge is 0.457 e. The predicted octanol–water partition coefficient (Wildman–Crippen LogP) is 6.49. The van der Waals surface area contributed by atoms with Crippen LogP contribution < -0.4 is 4.74 Å². The van der Waals surface area contributed by atoms with Gasteiger partial charge in [-0.15, -0.1) is 5.10 Å². The number of hydrogen-bond acceptors (Lipinski definition) is 4. The van der Waals surface area contributed by atoms with E-state index in [2.05, 4.69) is 15.4 Å². The van der Waals surface area contributed by atoms with E-state index < -0.39 is 11.9 Å². The standard InChI is InChI=1S/C26H20F3N5O/c1-2-18-16-30-34(25(18)26(27,28)29)21-12-10-20(11-13-21)33-17-24(31-32-33)19-8-14-23(15-9-19)35-22-6-4-3-5-7-22/h3-17H,2H2,1H3. The zero-order valence-electron chi connectivity index (χ0n) is 18.6. The highest BCUT2D eigenvalue weighted by molar-refractivity contribution is 5.59. The number of rotatable bonds is 6. The maximum Gasteiger partial charge on any atom is 0.433 e. The van der Waals surface area contributed by atoms with Crippen molar-refractivity contribution in [2.45, 2.75) is 19.5 Å². The third kappa shape index (κ3) is 4.65. The summed E-state index contributed by atoms with van der Waals surface area (Å²) in [6.07, 6.45) is -1.24. The van der Waals surface area contributed by atoms with Gasteiger partial charge in [-0.05, 0) is 67.1 Å². The van der Waals surface area contributed by atoms with Gasteiger partial charge in [0.15, 0.2) is 5.69 Å². The fraction of sp³-hybridized carbons (Fsp3) is 0.115. The maximum absolute atomic E-state index is 13.6. The van der Waals surface area contributed by atoms with Crippen molar-refractivity contribution in [1.29, 1.82) is 0 Å². The van der Waals surface area contributed by atoms with Crippen molar-refractivity contribution in [3.8, 4) is 34.1 Å². The quantitative estimate of drug-likeness (QED) is 0.282. The third-order valence-electron chi connectivity index (χ3n) is 5.48. The van der Waals surface area contributed by atoms with E-state index in [1.807, 2.05) is 54.6 Å². The fourth-order valence-electron chi connectivity index (χ4n) is 3.73. The molecule has 0 N–H and O–H groups in total. The Balaban J connectivity index is 1.35. The summed E-state index contributed by atoms with van der Waals surface area (Å²) in [5.74, 6) is 1.45. The molecule has 0 amide bonds. The van der Waals surface area contributed by atoms with Crippen LogP contribution in [0.4, 0.5) is 13.2 Å². The van der Waals surface area contributed by atoms with Crippen LogP contribution >= 0.6 is 0 Å². The van der Waals surface area contributed by atoms with Crippen molar-refractivity contribution >= 4 is 0 Å². The molecule has 0 saturated carbocycles. The van der Waals surface area contributed by atoms with Crippen molar-refractivity contribution in [3.05, 3.63) is 103 Å². The van der Waals surface area contributed by atoms with Gasteiger partial charge in [-0.25, -0.2) is 9.36 Å². The van der Waals surface area contributed by atoms with Crippen LogP contribution in [0.15, 0.2) is 91.3 Å². The summed E-state index contributed by atoms with van der Waals surface area (Å²) in [6.45, 7) is 1.67. The van der Waals surface area contributed by atoms with Crippen LogP contribution in [0.5, 0.6) is 11.5 Å². The molecule has 35 heavy (non-hydrogen) atoms. The number of benzene rings is 3. The lowest BCUT2D eigenvalue weighted by Crippen LogP contribution is -2.15. The van der Waals surface area contributed by atoms with E-state index in [1.54, 1.807) is 42.1 Å². The molecule has 0 aliphatic carbocycles. The highest BCUT2D eigenvalue weighted by Gasteiger charge is 2.38. The lowest BCUT2D eigenvalue weighted by Gasteiger charge is -2.12. The Morgan fingerprint density at radius 2 is 1.49 bits per heavy atom. The van der Waals surface area contributed by atoms with Crippen molar-refractivity contribution in [2.75, 3.05) is 0 Å². The molecule has 6 nitrogen and oxygen atoms in total. The van der Waals surface area contributed by atoms with E-state index in [4.69, 9.17) is 4.74 Å². The second kappa shape index (κ2) is 9.09. The Bertz CT molecular complexity index is 1420. The summed E-state index contributed by atoms with van der Waals surface area (Å²) < 4.78 is 49.0. The van der Waals surface area contributed by atoms with Gasteiger partial charge < -0.3 is 4.74 Å². The number of nitrogens with zero attached hydrogens (tertiary/aromatic N) is 5.